The number of nitrogens with zero attached hydrogens (tertiary/aromatic N) is 1. The van der Waals surface area contributed by atoms with Gasteiger partial charge in [-0.25, -0.2) is 0 Å². The highest BCUT2D eigenvalue weighted by atomic mass is 32.1. The fourth-order valence-electron chi connectivity index (χ4n) is 3.64. The third-order valence-corrected chi connectivity index (χ3v) is 5.63. The molecule has 2 unspecified atom stereocenters. The van der Waals surface area contributed by atoms with Gasteiger partial charge in [0, 0.05) is 17.5 Å². The molecule has 106 valence electrons. The number of thiophene rings is 1. The van der Waals surface area contributed by atoms with Crippen molar-refractivity contribution < 1.29 is 0 Å². The fourth-order valence-corrected chi connectivity index (χ4v) is 4.62. The van der Waals surface area contributed by atoms with Gasteiger partial charge in [-0.3, -0.25) is 4.90 Å². The lowest BCUT2D eigenvalue weighted by Crippen LogP contribution is -2.31. The smallest absolute Gasteiger partial charge is 0.0359 e. The highest BCUT2D eigenvalue weighted by molar-refractivity contribution is 7.10. The normalized spacial score (nSPS) is 27.6. The van der Waals surface area contributed by atoms with E-state index in [1.807, 2.05) is 11.3 Å². The Balaban J connectivity index is 1.57. The zero-order valence-corrected chi connectivity index (χ0v) is 12.8. The van der Waals surface area contributed by atoms with Crippen molar-refractivity contribution in [3.8, 4) is 0 Å². The Hall–Kier alpha value is -0.380. The van der Waals surface area contributed by atoms with Gasteiger partial charge in [0.2, 0.25) is 0 Å². The van der Waals surface area contributed by atoms with Crippen molar-refractivity contribution in [3.05, 3.63) is 21.9 Å². The van der Waals surface area contributed by atoms with E-state index in [4.69, 9.17) is 0 Å². The second-order valence-electron chi connectivity index (χ2n) is 6.06. The van der Waals surface area contributed by atoms with Gasteiger partial charge < -0.3 is 5.32 Å². The maximum absolute atomic E-state index is 3.59. The number of aryl methyl sites for hydroxylation is 1. The van der Waals surface area contributed by atoms with Crippen molar-refractivity contribution >= 4 is 11.3 Å². The molecule has 2 atom stereocenters. The molecule has 1 fully saturated rings. The molecule has 1 aromatic rings. The molecule has 0 saturated carbocycles. The Morgan fingerprint density at radius 1 is 1.42 bits per heavy atom. The number of hydrogen-bond donors (Lipinski definition) is 1. The monoisotopic (exact) mass is 278 g/mol. The van der Waals surface area contributed by atoms with E-state index in [9.17, 15) is 0 Å². The highest BCUT2D eigenvalue weighted by Gasteiger charge is 2.31. The van der Waals surface area contributed by atoms with Crippen LogP contribution in [0.4, 0.5) is 0 Å². The minimum atomic E-state index is 0.728. The molecule has 1 aliphatic carbocycles. The first-order chi connectivity index (χ1) is 9.38. The van der Waals surface area contributed by atoms with E-state index in [1.165, 1.54) is 58.3 Å². The summed E-state index contributed by atoms with van der Waals surface area (Å²) in [6, 6.07) is 3.11. The Labute approximate surface area is 121 Å². The molecule has 2 aliphatic rings. The zero-order chi connectivity index (χ0) is 13.1. The Kier molecular flexibility index (Phi) is 4.57. The molecular weight excluding hydrogens is 252 g/mol. The molecule has 0 spiro atoms. The van der Waals surface area contributed by atoms with Crippen molar-refractivity contribution in [2.45, 2.75) is 45.1 Å². The van der Waals surface area contributed by atoms with Gasteiger partial charge in [0.25, 0.3) is 0 Å². The van der Waals surface area contributed by atoms with Crippen LogP contribution in [-0.2, 0) is 6.42 Å². The summed E-state index contributed by atoms with van der Waals surface area (Å²) in [5.74, 6) is 0.871. The van der Waals surface area contributed by atoms with Crippen molar-refractivity contribution in [1.82, 2.24) is 10.2 Å². The summed E-state index contributed by atoms with van der Waals surface area (Å²) < 4.78 is 0. The second kappa shape index (κ2) is 6.38. The Bertz CT molecular complexity index is 401. The van der Waals surface area contributed by atoms with E-state index in [2.05, 4.69) is 28.6 Å². The summed E-state index contributed by atoms with van der Waals surface area (Å²) in [7, 11) is 0. The van der Waals surface area contributed by atoms with Crippen LogP contribution in [0.15, 0.2) is 11.4 Å². The first-order valence-corrected chi connectivity index (χ1v) is 8.77. The summed E-state index contributed by atoms with van der Waals surface area (Å²) in [5.41, 5.74) is 1.65. The van der Waals surface area contributed by atoms with Gasteiger partial charge in [0.05, 0.1) is 0 Å². The Morgan fingerprint density at radius 3 is 3.26 bits per heavy atom. The molecule has 2 heterocycles. The van der Waals surface area contributed by atoms with E-state index in [0.29, 0.717) is 0 Å². The van der Waals surface area contributed by atoms with Gasteiger partial charge in [0.1, 0.15) is 0 Å². The molecule has 0 bridgehead atoms. The summed E-state index contributed by atoms with van der Waals surface area (Å²) >= 11 is 1.97. The van der Waals surface area contributed by atoms with Gasteiger partial charge in [0.15, 0.2) is 0 Å². The van der Waals surface area contributed by atoms with Crippen molar-refractivity contribution in [2.24, 2.45) is 5.92 Å². The minimum absolute atomic E-state index is 0.728. The van der Waals surface area contributed by atoms with Gasteiger partial charge in [-0.05, 0) is 74.7 Å². The van der Waals surface area contributed by atoms with E-state index in [0.717, 1.165) is 12.0 Å². The summed E-state index contributed by atoms with van der Waals surface area (Å²) in [6.07, 6.45) is 6.70. The van der Waals surface area contributed by atoms with Gasteiger partial charge in [-0.2, -0.15) is 0 Å². The average Bonchev–Trinajstić information content (AvgIpc) is 3.07. The maximum atomic E-state index is 3.59. The van der Waals surface area contributed by atoms with Gasteiger partial charge in [-0.1, -0.05) is 6.92 Å². The largest absolute Gasteiger partial charge is 0.316 e. The predicted molar refractivity (Wildman–Crippen MR) is 82.8 cm³/mol. The molecule has 19 heavy (non-hydrogen) atoms. The topological polar surface area (TPSA) is 15.3 Å². The predicted octanol–water partition coefficient (Wildman–Crippen LogP) is 3.45. The second-order valence-corrected chi connectivity index (χ2v) is 7.06. The van der Waals surface area contributed by atoms with Crippen LogP contribution in [-0.4, -0.2) is 31.1 Å². The van der Waals surface area contributed by atoms with Crippen molar-refractivity contribution in [3.63, 3.8) is 0 Å². The molecule has 2 nitrogen and oxygen atoms in total. The first kappa shape index (κ1) is 13.6. The number of fused-ring (bicyclic) bond motifs is 1. The molecular formula is C16H26N2S. The quantitative estimate of drug-likeness (QED) is 0.830. The van der Waals surface area contributed by atoms with Crippen LogP contribution in [0.2, 0.25) is 0 Å². The van der Waals surface area contributed by atoms with E-state index in [1.54, 1.807) is 10.4 Å². The van der Waals surface area contributed by atoms with Gasteiger partial charge >= 0.3 is 0 Å². The van der Waals surface area contributed by atoms with E-state index >= 15 is 0 Å². The van der Waals surface area contributed by atoms with Crippen LogP contribution < -0.4 is 5.32 Å². The standard InChI is InChI=1S/C16H26N2S/c1-2-8-17-11-13-6-9-18(12-13)15-4-3-5-16-14(15)7-10-19-16/h7,10,13,15,17H,2-6,8-9,11-12H2,1H3. The summed E-state index contributed by atoms with van der Waals surface area (Å²) in [6.45, 7) is 7.24. The zero-order valence-electron chi connectivity index (χ0n) is 12.0. The molecule has 1 aromatic heterocycles. The van der Waals surface area contributed by atoms with E-state index < -0.39 is 0 Å². The minimum Gasteiger partial charge on any atom is -0.316 e. The highest BCUT2D eigenvalue weighted by Crippen LogP contribution is 2.39. The lowest BCUT2D eigenvalue weighted by molar-refractivity contribution is 0.214. The Morgan fingerprint density at radius 2 is 2.37 bits per heavy atom. The molecule has 1 N–H and O–H groups in total. The lowest BCUT2D eigenvalue weighted by Gasteiger charge is -2.31. The fraction of sp³-hybridized carbons (Fsp3) is 0.750. The van der Waals surface area contributed by atoms with Crippen LogP contribution in [0, 0.1) is 5.92 Å². The molecule has 1 aliphatic heterocycles. The first-order valence-electron chi connectivity index (χ1n) is 7.89. The number of nitrogens with one attached hydrogen (secondary N) is 1. The van der Waals surface area contributed by atoms with Crippen molar-refractivity contribution in [1.29, 1.82) is 0 Å². The van der Waals surface area contributed by atoms with Crippen LogP contribution in [0.25, 0.3) is 0 Å². The van der Waals surface area contributed by atoms with Gasteiger partial charge in [-0.15, -0.1) is 11.3 Å². The SMILES string of the molecule is CCCNCC1CCN(C2CCCc3sccc32)C1. The van der Waals surface area contributed by atoms with E-state index in [-0.39, 0.29) is 0 Å². The van der Waals surface area contributed by atoms with Crippen LogP contribution in [0.1, 0.15) is 49.1 Å². The molecule has 0 radical (unpaired) electrons. The molecule has 0 amide bonds. The molecule has 3 heteroatoms. The third kappa shape index (κ3) is 3.04. The van der Waals surface area contributed by atoms with Crippen molar-refractivity contribution in [2.75, 3.05) is 26.2 Å². The van der Waals surface area contributed by atoms with Crippen LogP contribution in [0.5, 0.6) is 0 Å². The summed E-state index contributed by atoms with van der Waals surface area (Å²) in [5, 5.41) is 5.88. The number of rotatable bonds is 5. The number of likely N-dealkylation sites (tertiary alicyclic amines) is 1. The lowest BCUT2D eigenvalue weighted by atomic mass is 9.93. The maximum Gasteiger partial charge on any atom is 0.0359 e. The molecule has 1 saturated heterocycles. The third-order valence-electron chi connectivity index (χ3n) is 4.64. The van der Waals surface area contributed by atoms with Crippen LogP contribution in [0.3, 0.4) is 0 Å². The average molecular weight is 278 g/mol. The molecule has 3 rings (SSSR count). The summed E-state index contributed by atoms with van der Waals surface area (Å²) in [4.78, 5) is 4.41. The number of hydrogen-bond acceptors (Lipinski definition) is 3. The van der Waals surface area contributed by atoms with Crippen LogP contribution >= 0.6 is 11.3 Å². The molecule has 0 aromatic carbocycles.